The van der Waals surface area contributed by atoms with E-state index in [0.717, 1.165) is 11.6 Å². The molecule has 0 amide bonds. The molecule has 0 bridgehead atoms. The van der Waals surface area contributed by atoms with Gasteiger partial charge in [-0.1, -0.05) is 37.3 Å². The van der Waals surface area contributed by atoms with E-state index in [9.17, 15) is 22.8 Å². The highest BCUT2D eigenvalue weighted by Crippen LogP contribution is 2.20. The fraction of sp³-hybridized carbons (Fsp3) is 0.333. The maximum atomic E-state index is 12.4. The molecule has 0 aliphatic heterocycles. The van der Waals surface area contributed by atoms with Gasteiger partial charge in [0.25, 0.3) is 5.56 Å². The van der Waals surface area contributed by atoms with Gasteiger partial charge in [0.1, 0.15) is 12.4 Å². The van der Waals surface area contributed by atoms with Gasteiger partial charge in [0.15, 0.2) is 0 Å². The molecule has 124 valence electrons. The Labute approximate surface area is 129 Å². The zero-order valence-electron chi connectivity index (χ0n) is 12.4. The second-order valence-corrected chi connectivity index (χ2v) is 5.04. The smallest absolute Gasteiger partial charge is 0.365 e. The number of rotatable bonds is 5. The maximum Gasteiger partial charge on any atom is 0.406 e. The van der Waals surface area contributed by atoms with E-state index >= 15 is 0 Å². The van der Waals surface area contributed by atoms with E-state index in [1.165, 1.54) is 0 Å². The topological polar surface area (TPSA) is 66.9 Å². The summed E-state index contributed by atoms with van der Waals surface area (Å²) < 4.78 is 37.2. The van der Waals surface area contributed by atoms with Crippen molar-refractivity contribution in [2.75, 3.05) is 5.32 Å². The lowest BCUT2D eigenvalue weighted by atomic mass is 10.0. The third-order valence-electron chi connectivity index (χ3n) is 3.30. The summed E-state index contributed by atoms with van der Waals surface area (Å²) in [6.45, 7) is 0.297. The van der Waals surface area contributed by atoms with Gasteiger partial charge in [-0.05, 0) is 12.0 Å². The lowest BCUT2D eigenvalue weighted by molar-refractivity contribution is -0.141. The molecule has 0 unspecified atom stereocenters. The zero-order chi connectivity index (χ0) is 17.0. The van der Waals surface area contributed by atoms with Gasteiger partial charge >= 0.3 is 11.9 Å². The number of hydrogen-bond donors (Lipinski definition) is 2. The summed E-state index contributed by atoms with van der Waals surface area (Å²) in [5.41, 5.74) is -1.16. The first-order valence-electron chi connectivity index (χ1n) is 7.02. The third kappa shape index (κ3) is 4.48. The molecular formula is C15H16F3N3O2. The summed E-state index contributed by atoms with van der Waals surface area (Å²) in [5, 5.41) is 2.97. The maximum absolute atomic E-state index is 12.4. The van der Waals surface area contributed by atoms with E-state index in [1.54, 1.807) is 0 Å². The minimum absolute atomic E-state index is 0.0918. The van der Waals surface area contributed by atoms with Gasteiger partial charge in [0.2, 0.25) is 0 Å². The molecule has 1 heterocycles. The monoisotopic (exact) mass is 327 g/mol. The van der Waals surface area contributed by atoms with Crippen LogP contribution in [0.3, 0.4) is 0 Å². The van der Waals surface area contributed by atoms with Crippen LogP contribution in [0, 0.1) is 0 Å². The van der Waals surface area contributed by atoms with Crippen LogP contribution in [0.4, 0.5) is 19.0 Å². The number of halogens is 3. The Bertz CT molecular complexity index is 735. The standard InChI is InChI=1S/C15H16F3N3O2/c1-2-11(10-6-4-3-5-7-10)19-12-8-13(22)21(14(23)20-12)9-15(16,17)18/h3-8,11,19H,2,9H2,1H3,(H,20,23)/t11-/m0/s1. The van der Waals surface area contributed by atoms with Gasteiger partial charge in [0, 0.05) is 6.07 Å². The number of benzene rings is 1. The third-order valence-corrected chi connectivity index (χ3v) is 3.30. The molecule has 2 aromatic rings. The van der Waals surface area contributed by atoms with Crippen molar-refractivity contribution in [3.8, 4) is 0 Å². The van der Waals surface area contributed by atoms with Crippen LogP contribution >= 0.6 is 0 Å². The summed E-state index contributed by atoms with van der Waals surface area (Å²) in [7, 11) is 0. The first kappa shape index (κ1) is 16.9. The van der Waals surface area contributed by atoms with Gasteiger partial charge in [-0.2, -0.15) is 13.2 Å². The number of anilines is 1. The van der Waals surface area contributed by atoms with Crippen molar-refractivity contribution in [1.82, 2.24) is 9.55 Å². The molecule has 0 aliphatic carbocycles. The van der Waals surface area contributed by atoms with Crippen LogP contribution in [-0.4, -0.2) is 15.7 Å². The molecular weight excluding hydrogens is 311 g/mol. The fourth-order valence-corrected chi connectivity index (χ4v) is 2.22. The SMILES string of the molecule is CC[C@H](Nc1cc(=O)n(CC(F)(F)F)c(=O)[nH]1)c1ccccc1. The first-order valence-corrected chi connectivity index (χ1v) is 7.02. The number of nitrogens with zero attached hydrogens (tertiary/aromatic N) is 1. The van der Waals surface area contributed by atoms with Crippen molar-refractivity contribution in [3.63, 3.8) is 0 Å². The second kappa shape index (κ2) is 6.72. The molecule has 2 N–H and O–H groups in total. The Hall–Kier alpha value is -2.51. The molecule has 5 nitrogen and oxygen atoms in total. The van der Waals surface area contributed by atoms with E-state index in [1.807, 2.05) is 37.3 Å². The fourth-order valence-electron chi connectivity index (χ4n) is 2.22. The van der Waals surface area contributed by atoms with Crippen LogP contribution in [0.25, 0.3) is 0 Å². The van der Waals surface area contributed by atoms with Crippen LogP contribution in [0.15, 0.2) is 46.0 Å². The minimum Gasteiger partial charge on any atom is -0.365 e. The predicted octanol–water partition coefficient (Wildman–Crippen LogP) is 2.66. The Morgan fingerprint density at radius 3 is 2.39 bits per heavy atom. The van der Waals surface area contributed by atoms with Gasteiger partial charge in [-0.3, -0.25) is 14.3 Å². The van der Waals surface area contributed by atoms with Crippen molar-refractivity contribution in [2.45, 2.75) is 32.1 Å². The molecule has 0 spiro atoms. The van der Waals surface area contributed by atoms with Gasteiger partial charge < -0.3 is 5.32 Å². The molecule has 1 aromatic carbocycles. The largest absolute Gasteiger partial charge is 0.406 e. The Kier molecular flexibility index (Phi) is 4.92. The first-order chi connectivity index (χ1) is 10.8. The van der Waals surface area contributed by atoms with E-state index in [4.69, 9.17) is 0 Å². The zero-order valence-corrected chi connectivity index (χ0v) is 12.4. The number of aromatic nitrogens is 2. The molecule has 23 heavy (non-hydrogen) atoms. The summed E-state index contributed by atoms with van der Waals surface area (Å²) in [4.78, 5) is 25.7. The summed E-state index contributed by atoms with van der Waals surface area (Å²) >= 11 is 0. The van der Waals surface area contributed by atoms with Crippen molar-refractivity contribution >= 4 is 5.82 Å². The highest BCUT2D eigenvalue weighted by molar-refractivity contribution is 5.37. The van der Waals surface area contributed by atoms with E-state index in [-0.39, 0.29) is 16.4 Å². The molecule has 0 aliphatic rings. The average molecular weight is 327 g/mol. The highest BCUT2D eigenvalue weighted by Gasteiger charge is 2.29. The Morgan fingerprint density at radius 1 is 1.22 bits per heavy atom. The Balaban J connectivity index is 2.28. The Morgan fingerprint density at radius 2 is 1.87 bits per heavy atom. The van der Waals surface area contributed by atoms with Gasteiger partial charge in [-0.25, -0.2) is 4.79 Å². The molecule has 0 radical (unpaired) electrons. The predicted molar refractivity (Wildman–Crippen MR) is 80.5 cm³/mol. The van der Waals surface area contributed by atoms with Crippen LogP contribution in [0.2, 0.25) is 0 Å². The van der Waals surface area contributed by atoms with Crippen LogP contribution in [0.5, 0.6) is 0 Å². The van der Waals surface area contributed by atoms with Crippen molar-refractivity contribution < 1.29 is 13.2 Å². The summed E-state index contributed by atoms with van der Waals surface area (Å²) in [5.74, 6) is 0.0918. The number of alkyl halides is 3. The average Bonchev–Trinajstić information content (AvgIpc) is 2.48. The molecule has 1 atom stereocenters. The normalized spacial score (nSPS) is 12.9. The van der Waals surface area contributed by atoms with Crippen LogP contribution in [-0.2, 0) is 6.54 Å². The van der Waals surface area contributed by atoms with Crippen LogP contribution in [0.1, 0.15) is 24.9 Å². The van der Waals surface area contributed by atoms with Crippen molar-refractivity contribution in [2.24, 2.45) is 0 Å². The second-order valence-electron chi connectivity index (χ2n) is 5.04. The lowest BCUT2D eigenvalue weighted by Crippen LogP contribution is -2.39. The van der Waals surface area contributed by atoms with E-state index < -0.39 is 24.0 Å². The molecule has 8 heteroatoms. The molecule has 0 saturated carbocycles. The van der Waals surface area contributed by atoms with Gasteiger partial charge in [0.05, 0.1) is 6.04 Å². The van der Waals surface area contributed by atoms with Crippen molar-refractivity contribution in [3.05, 3.63) is 62.8 Å². The van der Waals surface area contributed by atoms with Crippen molar-refractivity contribution in [1.29, 1.82) is 0 Å². The lowest BCUT2D eigenvalue weighted by Gasteiger charge is -2.18. The van der Waals surface area contributed by atoms with Crippen LogP contribution < -0.4 is 16.6 Å². The van der Waals surface area contributed by atoms with E-state index in [2.05, 4.69) is 10.3 Å². The summed E-state index contributed by atoms with van der Waals surface area (Å²) in [6.07, 6.45) is -3.97. The molecule has 0 fully saturated rings. The number of H-pyrrole nitrogens is 1. The molecule has 0 saturated heterocycles. The highest BCUT2D eigenvalue weighted by atomic mass is 19.4. The minimum atomic E-state index is -4.64. The quantitative estimate of drug-likeness (QED) is 0.887. The van der Waals surface area contributed by atoms with Gasteiger partial charge in [-0.15, -0.1) is 0 Å². The van der Waals surface area contributed by atoms with E-state index in [0.29, 0.717) is 6.42 Å². The molecule has 1 aromatic heterocycles. The molecule has 2 rings (SSSR count). The summed E-state index contributed by atoms with van der Waals surface area (Å²) in [6, 6.07) is 10.1. The number of nitrogens with one attached hydrogen (secondary N) is 2. The number of hydrogen-bond acceptors (Lipinski definition) is 3. The number of aromatic amines is 1.